The lowest BCUT2D eigenvalue weighted by molar-refractivity contribution is -0.134. The van der Waals surface area contributed by atoms with Gasteiger partial charge in [-0.2, -0.15) is 5.10 Å². The first-order valence-corrected chi connectivity index (χ1v) is 8.50. The number of benzene rings is 2. The molecule has 0 aliphatic heterocycles. The number of hydrazone groups is 1. The van der Waals surface area contributed by atoms with Gasteiger partial charge in [-0.05, 0) is 43.3 Å². The van der Waals surface area contributed by atoms with Crippen LogP contribution in [0.3, 0.4) is 0 Å². The molecular formula is C17H15Cl2N3O2S. The summed E-state index contributed by atoms with van der Waals surface area (Å²) in [4.78, 5) is 12.3. The summed E-state index contributed by atoms with van der Waals surface area (Å²) < 4.78 is 5.01. The highest BCUT2D eigenvalue weighted by Crippen LogP contribution is 2.20. The maximum Gasteiger partial charge on any atom is 0.361 e. The van der Waals surface area contributed by atoms with E-state index < -0.39 is 5.97 Å². The van der Waals surface area contributed by atoms with E-state index in [2.05, 4.69) is 15.8 Å². The van der Waals surface area contributed by atoms with Crippen molar-refractivity contribution in [1.29, 1.82) is 0 Å². The standard InChI is InChI=1S/C17H15Cl2N3O2S/c1-2-24-17(23)15(22-21-12-9-7-11(18)8-10-12)16(25)20-14-6-4-3-5-13(14)19/h3-10,21H,2H2,1H3,(H,20,25)/b22-15+. The normalized spacial score (nSPS) is 10.9. The highest BCUT2D eigenvalue weighted by atomic mass is 35.5. The van der Waals surface area contributed by atoms with E-state index in [4.69, 9.17) is 40.2 Å². The number of esters is 1. The van der Waals surface area contributed by atoms with Crippen LogP contribution in [-0.4, -0.2) is 23.3 Å². The third-order valence-corrected chi connectivity index (χ3v) is 3.82. The molecule has 0 amide bonds. The summed E-state index contributed by atoms with van der Waals surface area (Å²) in [5.74, 6) is -0.645. The molecule has 0 saturated carbocycles. The third kappa shape index (κ3) is 5.70. The Balaban J connectivity index is 2.21. The van der Waals surface area contributed by atoms with E-state index in [1.807, 2.05) is 0 Å². The fraction of sp³-hybridized carbons (Fsp3) is 0.118. The second-order valence-electron chi connectivity index (χ2n) is 4.73. The number of carbonyl (C=O) groups excluding carboxylic acids is 1. The molecule has 130 valence electrons. The molecule has 2 N–H and O–H groups in total. The molecule has 0 radical (unpaired) electrons. The minimum atomic E-state index is -0.645. The van der Waals surface area contributed by atoms with Gasteiger partial charge in [0.25, 0.3) is 0 Å². The van der Waals surface area contributed by atoms with Crippen molar-refractivity contribution in [2.75, 3.05) is 17.3 Å². The predicted octanol–water partition coefficient (Wildman–Crippen LogP) is 4.76. The van der Waals surface area contributed by atoms with E-state index in [1.165, 1.54) is 0 Å². The van der Waals surface area contributed by atoms with Crippen LogP contribution in [-0.2, 0) is 9.53 Å². The van der Waals surface area contributed by atoms with Crippen molar-refractivity contribution in [3.8, 4) is 0 Å². The number of nitrogens with zero attached hydrogens (tertiary/aromatic N) is 1. The lowest BCUT2D eigenvalue weighted by Crippen LogP contribution is -2.31. The molecule has 5 nitrogen and oxygen atoms in total. The zero-order chi connectivity index (χ0) is 18.2. The van der Waals surface area contributed by atoms with Crippen LogP contribution in [0.2, 0.25) is 10.0 Å². The molecule has 0 bridgehead atoms. The molecule has 0 saturated heterocycles. The van der Waals surface area contributed by atoms with Gasteiger partial charge in [-0.3, -0.25) is 5.43 Å². The number of halogens is 2. The van der Waals surface area contributed by atoms with Crippen molar-refractivity contribution in [2.24, 2.45) is 5.10 Å². The lowest BCUT2D eigenvalue weighted by Gasteiger charge is -2.11. The van der Waals surface area contributed by atoms with Crippen LogP contribution in [0.5, 0.6) is 0 Å². The quantitative estimate of drug-likeness (QED) is 0.319. The van der Waals surface area contributed by atoms with Gasteiger partial charge in [0, 0.05) is 5.02 Å². The van der Waals surface area contributed by atoms with E-state index in [0.717, 1.165) is 0 Å². The van der Waals surface area contributed by atoms with Gasteiger partial charge in [0.15, 0.2) is 0 Å². The fourth-order valence-electron chi connectivity index (χ4n) is 1.78. The van der Waals surface area contributed by atoms with Crippen LogP contribution in [0.25, 0.3) is 0 Å². The smallest absolute Gasteiger partial charge is 0.361 e. The molecule has 0 unspecified atom stereocenters. The van der Waals surface area contributed by atoms with Gasteiger partial charge >= 0.3 is 5.97 Å². The van der Waals surface area contributed by atoms with Crippen molar-refractivity contribution in [3.05, 3.63) is 58.6 Å². The van der Waals surface area contributed by atoms with Crippen LogP contribution in [0.4, 0.5) is 11.4 Å². The molecule has 25 heavy (non-hydrogen) atoms. The van der Waals surface area contributed by atoms with E-state index >= 15 is 0 Å². The van der Waals surface area contributed by atoms with Crippen LogP contribution in [0.1, 0.15) is 6.92 Å². The van der Waals surface area contributed by atoms with Gasteiger partial charge in [-0.15, -0.1) is 0 Å². The molecule has 0 aliphatic rings. The predicted molar refractivity (Wildman–Crippen MR) is 107 cm³/mol. The number of thiocarbonyl (C=S) groups is 1. The molecule has 0 aliphatic carbocycles. The maximum atomic E-state index is 12.2. The largest absolute Gasteiger partial charge is 0.461 e. The Morgan fingerprint density at radius 3 is 2.48 bits per heavy atom. The van der Waals surface area contributed by atoms with Crippen molar-refractivity contribution in [2.45, 2.75) is 6.92 Å². The first kappa shape index (κ1) is 19.2. The number of rotatable bonds is 6. The zero-order valence-corrected chi connectivity index (χ0v) is 15.6. The summed E-state index contributed by atoms with van der Waals surface area (Å²) in [5.41, 5.74) is 3.91. The van der Waals surface area contributed by atoms with Crippen LogP contribution in [0, 0.1) is 0 Å². The summed E-state index contributed by atoms with van der Waals surface area (Å²) in [6.07, 6.45) is 0. The number of hydrogen-bond acceptors (Lipinski definition) is 5. The Bertz CT molecular complexity index is 795. The van der Waals surface area contributed by atoms with E-state index in [0.29, 0.717) is 21.4 Å². The van der Waals surface area contributed by atoms with E-state index in [1.54, 1.807) is 55.5 Å². The molecule has 0 heterocycles. The average molecular weight is 396 g/mol. The second-order valence-corrected chi connectivity index (χ2v) is 5.99. The Morgan fingerprint density at radius 1 is 1.16 bits per heavy atom. The first-order chi connectivity index (χ1) is 12.0. The Hall–Kier alpha value is -2.15. The van der Waals surface area contributed by atoms with Crippen molar-refractivity contribution < 1.29 is 9.53 Å². The summed E-state index contributed by atoms with van der Waals surface area (Å²) in [6, 6.07) is 13.9. The number of nitrogens with one attached hydrogen (secondary N) is 2. The number of anilines is 2. The highest BCUT2D eigenvalue weighted by Gasteiger charge is 2.19. The van der Waals surface area contributed by atoms with Crippen LogP contribution in [0.15, 0.2) is 53.6 Å². The van der Waals surface area contributed by atoms with Gasteiger partial charge < -0.3 is 10.1 Å². The van der Waals surface area contributed by atoms with Crippen LogP contribution >= 0.6 is 35.4 Å². The van der Waals surface area contributed by atoms with Gasteiger partial charge in [0.1, 0.15) is 4.99 Å². The Kier molecular flexibility index (Phi) is 7.18. The van der Waals surface area contributed by atoms with Crippen molar-refractivity contribution in [3.63, 3.8) is 0 Å². The molecule has 2 rings (SSSR count). The topological polar surface area (TPSA) is 62.7 Å². The first-order valence-electron chi connectivity index (χ1n) is 7.33. The van der Waals surface area contributed by atoms with Gasteiger partial charge in [-0.1, -0.05) is 47.6 Å². The number of ether oxygens (including phenoxy) is 1. The second kappa shape index (κ2) is 9.36. The summed E-state index contributed by atoms with van der Waals surface area (Å²) in [5, 5.41) is 8.04. The van der Waals surface area contributed by atoms with Crippen molar-refractivity contribution in [1.82, 2.24) is 0 Å². The molecule has 0 spiro atoms. The number of hydrogen-bond donors (Lipinski definition) is 2. The summed E-state index contributed by atoms with van der Waals surface area (Å²) in [7, 11) is 0. The van der Waals surface area contributed by atoms with E-state index in [-0.39, 0.29) is 17.3 Å². The SMILES string of the molecule is CCOC(=O)/C(=N/Nc1ccc(Cl)cc1)C(=S)Nc1ccccc1Cl. The molecule has 0 aromatic heterocycles. The molecule has 0 fully saturated rings. The maximum absolute atomic E-state index is 12.2. The minimum Gasteiger partial charge on any atom is -0.461 e. The molecule has 2 aromatic carbocycles. The molecule has 2 aromatic rings. The zero-order valence-electron chi connectivity index (χ0n) is 13.3. The van der Waals surface area contributed by atoms with Crippen LogP contribution < -0.4 is 10.7 Å². The van der Waals surface area contributed by atoms with Gasteiger partial charge in [0.2, 0.25) is 5.71 Å². The molecule has 0 atom stereocenters. The van der Waals surface area contributed by atoms with Gasteiger partial charge in [0.05, 0.1) is 23.0 Å². The Morgan fingerprint density at radius 2 is 1.84 bits per heavy atom. The molecular weight excluding hydrogens is 381 g/mol. The Labute approximate surface area is 161 Å². The average Bonchev–Trinajstić information content (AvgIpc) is 2.59. The number of para-hydroxylation sites is 1. The highest BCUT2D eigenvalue weighted by molar-refractivity contribution is 7.82. The fourth-order valence-corrected chi connectivity index (χ4v) is 2.33. The number of carbonyl (C=O) groups is 1. The third-order valence-electron chi connectivity index (χ3n) is 2.95. The molecule has 8 heteroatoms. The summed E-state index contributed by atoms with van der Waals surface area (Å²) in [6.45, 7) is 1.90. The van der Waals surface area contributed by atoms with E-state index in [9.17, 15) is 4.79 Å². The lowest BCUT2D eigenvalue weighted by atomic mass is 10.3. The minimum absolute atomic E-state index is 0.0632. The summed E-state index contributed by atoms with van der Waals surface area (Å²) >= 11 is 17.2. The van der Waals surface area contributed by atoms with Crippen molar-refractivity contribution >= 4 is 63.5 Å². The van der Waals surface area contributed by atoms with Gasteiger partial charge in [-0.25, -0.2) is 4.79 Å². The monoisotopic (exact) mass is 395 g/mol.